The van der Waals surface area contributed by atoms with E-state index in [4.69, 9.17) is 29.5 Å². The Morgan fingerprint density at radius 3 is 1.77 bits per heavy atom. The number of aliphatic carboxylic acids is 3. The molecule has 0 aromatic heterocycles. The van der Waals surface area contributed by atoms with E-state index in [-0.39, 0.29) is 72.6 Å². The molecule has 3 N–H and O–H groups in total. The largest absolute Gasteiger partial charge is 1.00 e. The summed E-state index contributed by atoms with van der Waals surface area (Å²) in [6.45, 7) is 2.77. The average Bonchev–Trinajstić information content (AvgIpc) is 2.35. The van der Waals surface area contributed by atoms with Crippen molar-refractivity contribution < 1.29 is 96.7 Å². The van der Waals surface area contributed by atoms with Crippen LogP contribution in [-0.4, -0.2) is 71.9 Å². The van der Waals surface area contributed by atoms with Gasteiger partial charge in [-0.1, -0.05) is 0 Å². The minimum Gasteiger partial charge on any atom is -1.00 e. The molecule has 0 saturated heterocycles. The Bertz CT molecular complexity index is 348. The van der Waals surface area contributed by atoms with E-state index >= 15 is 0 Å². The summed E-state index contributed by atoms with van der Waals surface area (Å²) in [6.07, 6.45) is -1.90. The van der Waals surface area contributed by atoms with Crippen molar-refractivity contribution in [1.82, 2.24) is 0 Å². The Hall–Kier alpha value is -0.0736. The van der Waals surface area contributed by atoms with Crippen molar-refractivity contribution in [2.24, 2.45) is 0 Å². The molecule has 0 aliphatic carbocycles. The van der Waals surface area contributed by atoms with Crippen molar-refractivity contribution in [1.29, 1.82) is 0 Å². The second-order valence-corrected chi connectivity index (χ2v) is 4.10. The van der Waals surface area contributed by atoms with Gasteiger partial charge in [-0.15, -0.1) is 0 Å². The molecule has 0 fully saturated rings. The van der Waals surface area contributed by atoms with E-state index in [1.54, 1.807) is 0 Å². The van der Waals surface area contributed by atoms with Crippen LogP contribution in [0.3, 0.4) is 0 Å². The van der Waals surface area contributed by atoms with Gasteiger partial charge < -0.3 is 31.0 Å². The standard InChI is InChI=1S/C12H20O9.K.H/c1-2-19-3-4-20-5-6-21-12(11(17)18,7-9(13)14)8-10(15)16;;/h2-8H2,1H3,(H,13,14)(H,15,16)(H,17,18);;/q;+1;-1. The Morgan fingerprint density at radius 1 is 0.909 bits per heavy atom. The Labute approximate surface area is 171 Å². The van der Waals surface area contributed by atoms with Gasteiger partial charge >= 0.3 is 69.3 Å². The SMILES string of the molecule is CCOCCOCCOC(CC(=O)O)(CC(=O)O)C(=O)O.[H-].[K+]. The Kier molecular flexibility index (Phi) is 14.7. The molecule has 9 nitrogen and oxygen atoms in total. The first kappa shape index (κ1) is 24.2. The summed E-state index contributed by atoms with van der Waals surface area (Å²) in [5.41, 5.74) is -2.30. The molecule has 0 heterocycles. The van der Waals surface area contributed by atoms with Gasteiger partial charge in [0.25, 0.3) is 0 Å². The van der Waals surface area contributed by atoms with Gasteiger partial charge in [0, 0.05) is 6.61 Å². The zero-order valence-corrected chi connectivity index (χ0v) is 15.9. The van der Waals surface area contributed by atoms with Gasteiger partial charge in [0.05, 0.1) is 39.3 Å². The zero-order chi connectivity index (χ0) is 16.3. The summed E-state index contributed by atoms with van der Waals surface area (Å²) in [6, 6.07) is 0. The van der Waals surface area contributed by atoms with Gasteiger partial charge in [0.15, 0.2) is 5.60 Å². The Morgan fingerprint density at radius 2 is 1.36 bits per heavy atom. The summed E-state index contributed by atoms with van der Waals surface area (Å²) in [5, 5.41) is 26.5. The predicted octanol–water partition coefficient (Wildman–Crippen LogP) is -3.05. The number of hydrogen-bond donors (Lipinski definition) is 3. The summed E-state index contributed by atoms with van der Waals surface area (Å²) < 4.78 is 15.1. The van der Waals surface area contributed by atoms with Gasteiger partial charge in [-0.2, -0.15) is 0 Å². The van der Waals surface area contributed by atoms with E-state index in [0.717, 1.165) is 0 Å². The molecule has 0 aliphatic heterocycles. The van der Waals surface area contributed by atoms with Crippen LogP contribution in [0, 0.1) is 0 Å². The molecule has 0 radical (unpaired) electrons. The minimum atomic E-state index is -2.30. The molecule has 0 saturated carbocycles. The number of carboxylic acid groups (broad SMARTS) is 3. The second kappa shape index (κ2) is 13.4. The van der Waals surface area contributed by atoms with Crippen molar-refractivity contribution in [3.05, 3.63) is 0 Å². The van der Waals surface area contributed by atoms with E-state index in [9.17, 15) is 14.4 Å². The molecular formula is C12H21KO9. The summed E-state index contributed by atoms with van der Waals surface area (Å²) in [5.74, 6) is -4.56. The second-order valence-electron chi connectivity index (χ2n) is 4.10. The van der Waals surface area contributed by atoms with Gasteiger partial charge in [0.1, 0.15) is 0 Å². The molecular weight excluding hydrogens is 327 g/mol. The van der Waals surface area contributed by atoms with E-state index in [2.05, 4.69) is 0 Å². The third-order valence-corrected chi connectivity index (χ3v) is 2.45. The van der Waals surface area contributed by atoms with Crippen molar-refractivity contribution in [2.75, 3.05) is 33.0 Å². The van der Waals surface area contributed by atoms with Crippen molar-refractivity contribution in [2.45, 2.75) is 25.4 Å². The molecule has 0 spiro atoms. The molecule has 0 atom stereocenters. The summed E-state index contributed by atoms with van der Waals surface area (Å²) >= 11 is 0. The quantitative estimate of drug-likeness (QED) is 0.234. The van der Waals surface area contributed by atoms with Crippen LogP contribution < -0.4 is 51.4 Å². The zero-order valence-electron chi connectivity index (χ0n) is 13.7. The third kappa shape index (κ3) is 10.6. The van der Waals surface area contributed by atoms with E-state index in [1.807, 2.05) is 6.92 Å². The number of hydrogen-bond acceptors (Lipinski definition) is 6. The molecule has 22 heavy (non-hydrogen) atoms. The fourth-order valence-corrected chi connectivity index (χ4v) is 1.53. The van der Waals surface area contributed by atoms with Crippen LogP contribution in [0.1, 0.15) is 21.2 Å². The number of rotatable bonds is 13. The summed E-state index contributed by atoms with van der Waals surface area (Å²) in [7, 11) is 0. The fraction of sp³-hybridized carbons (Fsp3) is 0.750. The monoisotopic (exact) mass is 348 g/mol. The van der Waals surface area contributed by atoms with Crippen LogP contribution in [0.25, 0.3) is 0 Å². The van der Waals surface area contributed by atoms with E-state index in [1.165, 1.54) is 0 Å². The normalized spacial score (nSPS) is 10.8. The van der Waals surface area contributed by atoms with Crippen LogP contribution in [0.5, 0.6) is 0 Å². The van der Waals surface area contributed by atoms with Gasteiger partial charge in [-0.3, -0.25) is 9.59 Å². The van der Waals surface area contributed by atoms with Crippen LogP contribution in [0.15, 0.2) is 0 Å². The van der Waals surface area contributed by atoms with Gasteiger partial charge in [0.2, 0.25) is 0 Å². The van der Waals surface area contributed by atoms with Crippen LogP contribution in [0.2, 0.25) is 0 Å². The molecule has 0 amide bonds. The Balaban J connectivity index is -0.00000200. The van der Waals surface area contributed by atoms with Crippen LogP contribution in [-0.2, 0) is 28.6 Å². The van der Waals surface area contributed by atoms with Crippen molar-refractivity contribution in [3.63, 3.8) is 0 Å². The first-order valence-electron chi connectivity index (χ1n) is 6.30. The molecule has 10 heteroatoms. The molecule has 0 aromatic rings. The topological polar surface area (TPSA) is 140 Å². The molecule has 0 aliphatic rings. The average molecular weight is 348 g/mol. The molecule has 0 aromatic carbocycles. The molecule has 0 bridgehead atoms. The number of ether oxygens (including phenoxy) is 3. The van der Waals surface area contributed by atoms with Crippen molar-refractivity contribution in [3.8, 4) is 0 Å². The summed E-state index contributed by atoms with van der Waals surface area (Å²) in [4.78, 5) is 32.6. The van der Waals surface area contributed by atoms with Crippen molar-refractivity contribution >= 4 is 17.9 Å². The first-order chi connectivity index (χ1) is 9.84. The molecule has 0 rings (SSSR count). The molecule has 0 unspecified atom stereocenters. The maximum absolute atomic E-state index is 11.2. The number of carboxylic acids is 3. The fourth-order valence-electron chi connectivity index (χ4n) is 1.53. The maximum Gasteiger partial charge on any atom is 1.00 e. The first-order valence-corrected chi connectivity index (χ1v) is 6.30. The van der Waals surface area contributed by atoms with Crippen LogP contribution in [0.4, 0.5) is 0 Å². The predicted molar refractivity (Wildman–Crippen MR) is 69.2 cm³/mol. The molecule has 124 valence electrons. The van der Waals surface area contributed by atoms with Gasteiger partial charge in [-0.25, -0.2) is 4.79 Å². The van der Waals surface area contributed by atoms with Gasteiger partial charge in [-0.05, 0) is 6.92 Å². The smallest absolute Gasteiger partial charge is 1.00 e. The van der Waals surface area contributed by atoms with Crippen LogP contribution >= 0.6 is 0 Å². The minimum absolute atomic E-state index is 0. The number of carbonyl (C=O) groups is 3. The van der Waals surface area contributed by atoms with E-state index in [0.29, 0.717) is 13.2 Å². The maximum atomic E-state index is 11.2. The van der Waals surface area contributed by atoms with E-state index < -0.39 is 36.4 Å². The third-order valence-electron chi connectivity index (χ3n) is 2.45.